The Morgan fingerprint density at radius 3 is 2.74 bits per heavy atom. The summed E-state index contributed by atoms with van der Waals surface area (Å²) in [5, 5.41) is 1.96. The lowest BCUT2D eigenvalue weighted by Crippen LogP contribution is -2.39. The standard InChI is InChI=1S/C25H19BrN2O4S2/c1-3-31-24(30)21-14(2)27-25-28(23(29)20(34-25)13-17-5-4-12-33-17)22(21)19-11-10-18(32-19)15-6-8-16(26)9-7-15/h4-13,22H,3H2,1-2H3/b20-13-/t22-/m0/s1. The molecule has 1 atom stereocenters. The fourth-order valence-corrected chi connectivity index (χ4v) is 5.87. The molecule has 6 nitrogen and oxygen atoms in total. The Kier molecular flexibility index (Phi) is 6.24. The smallest absolute Gasteiger partial charge is 0.338 e. The highest BCUT2D eigenvalue weighted by atomic mass is 79.9. The van der Waals surface area contributed by atoms with E-state index in [0.29, 0.717) is 32.1 Å². The van der Waals surface area contributed by atoms with E-state index in [-0.39, 0.29) is 12.2 Å². The van der Waals surface area contributed by atoms with Crippen molar-refractivity contribution in [3.05, 3.63) is 100.0 Å². The Morgan fingerprint density at radius 1 is 1.24 bits per heavy atom. The van der Waals surface area contributed by atoms with Crippen LogP contribution in [0.4, 0.5) is 0 Å². The lowest BCUT2D eigenvalue weighted by molar-refractivity contribution is -0.139. The van der Waals surface area contributed by atoms with Crippen LogP contribution in [0.25, 0.3) is 17.4 Å². The SMILES string of the molecule is CCOC(=O)C1=C(C)N=c2s/c(=C\c3cccs3)c(=O)n2[C@H]1c1ccc(-c2ccc(Br)cc2)o1. The van der Waals surface area contributed by atoms with Crippen LogP contribution in [-0.4, -0.2) is 17.1 Å². The average Bonchev–Trinajstić information content (AvgIpc) is 3.56. The van der Waals surface area contributed by atoms with Gasteiger partial charge in [-0.1, -0.05) is 45.5 Å². The summed E-state index contributed by atoms with van der Waals surface area (Å²) in [6.07, 6.45) is 1.85. The molecule has 4 aromatic rings. The van der Waals surface area contributed by atoms with Crippen molar-refractivity contribution in [2.45, 2.75) is 19.9 Å². The minimum absolute atomic E-state index is 0.216. The number of carbonyl (C=O) groups is 1. The lowest BCUT2D eigenvalue weighted by Gasteiger charge is -2.22. The van der Waals surface area contributed by atoms with Gasteiger partial charge in [-0.25, -0.2) is 9.79 Å². The molecule has 0 saturated carbocycles. The maximum absolute atomic E-state index is 13.5. The van der Waals surface area contributed by atoms with E-state index in [1.807, 2.05) is 53.9 Å². The van der Waals surface area contributed by atoms with E-state index in [4.69, 9.17) is 9.15 Å². The molecule has 0 fully saturated rings. The minimum atomic E-state index is -0.773. The first-order valence-corrected chi connectivity index (χ1v) is 13.0. The van der Waals surface area contributed by atoms with Gasteiger partial charge in [0.05, 0.1) is 22.4 Å². The summed E-state index contributed by atoms with van der Waals surface area (Å²) in [6.45, 7) is 3.72. The van der Waals surface area contributed by atoms with Gasteiger partial charge >= 0.3 is 5.97 Å². The van der Waals surface area contributed by atoms with Gasteiger partial charge in [-0.05, 0) is 55.6 Å². The highest BCUT2D eigenvalue weighted by Gasteiger charge is 2.35. The second kappa shape index (κ2) is 9.32. The monoisotopic (exact) mass is 554 g/mol. The number of benzene rings is 1. The number of allylic oxidation sites excluding steroid dienone is 1. The number of fused-ring (bicyclic) bond motifs is 1. The number of ether oxygens (including phenoxy) is 1. The van der Waals surface area contributed by atoms with Gasteiger partial charge in [-0.3, -0.25) is 9.36 Å². The molecular weight excluding hydrogens is 536 g/mol. The van der Waals surface area contributed by atoms with Crippen LogP contribution in [0.15, 0.2) is 83.9 Å². The zero-order valence-electron chi connectivity index (χ0n) is 18.3. The van der Waals surface area contributed by atoms with Crippen LogP contribution < -0.4 is 14.9 Å². The van der Waals surface area contributed by atoms with Crippen LogP contribution in [0.2, 0.25) is 0 Å². The van der Waals surface area contributed by atoms with Gasteiger partial charge in [-0.15, -0.1) is 11.3 Å². The van der Waals surface area contributed by atoms with Crippen LogP contribution in [0.1, 0.15) is 30.5 Å². The van der Waals surface area contributed by atoms with Crippen molar-refractivity contribution in [3.8, 4) is 11.3 Å². The Bertz CT molecular complexity index is 1570. The van der Waals surface area contributed by atoms with E-state index in [9.17, 15) is 9.59 Å². The van der Waals surface area contributed by atoms with Gasteiger partial charge in [0.2, 0.25) is 0 Å². The zero-order valence-corrected chi connectivity index (χ0v) is 21.5. The number of nitrogens with zero attached hydrogens (tertiary/aromatic N) is 2. The zero-order chi connectivity index (χ0) is 23.8. The summed E-state index contributed by atoms with van der Waals surface area (Å²) in [5.74, 6) is 0.600. The molecule has 0 unspecified atom stereocenters. The second-order valence-electron chi connectivity index (χ2n) is 7.53. The summed E-state index contributed by atoms with van der Waals surface area (Å²) in [6, 6.07) is 14.5. The third-order valence-electron chi connectivity index (χ3n) is 5.36. The maximum atomic E-state index is 13.5. The molecule has 4 heterocycles. The predicted molar refractivity (Wildman–Crippen MR) is 137 cm³/mol. The van der Waals surface area contributed by atoms with Crippen LogP contribution >= 0.6 is 38.6 Å². The highest BCUT2D eigenvalue weighted by Crippen LogP contribution is 2.34. The van der Waals surface area contributed by atoms with Crippen LogP contribution in [0, 0.1) is 0 Å². The van der Waals surface area contributed by atoms with E-state index in [2.05, 4.69) is 20.9 Å². The Morgan fingerprint density at radius 2 is 2.03 bits per heavy atom. The number of esters is 1. The number of thiophene rings is 1. The molecule has 1 aliphatic rings. The summed E-state index contributed by atoms with van der Waals surface area (Å²) in [4.78, 5) is 32.6. The molecule has 9 heteroatoms. The average molecular weight is 555 g/mol. The molecule has 5 rings (SSSR count). The third-order valence-corrected chi connectivity index (χ3v) is 7.69. The van der Waals surface area contributed by atoms with Crippen molar-refractivity contribution in [1.82, 2.24) is 4.57 Å². The number of aromatic nitrogens is 1. The quantitative estimate of drug-likeness (QED) is 0.329. The molecule has 172 valence electrons. The highest BCUT2D eigenvalue weighted by molar-refractivity contribution is 9.10. The molecule has 1 aliphatic heterocycles. The van der Waals surface area contributed by atoms with Crippen molar-refractivity contribution < 1.29 is 13.9 Å². The molecule has 0 saturated heterocycles. The van der Waals surface area contributed by atoms with Crippen LogP contribution in [-0.2, 0) is 9.53 Å². The second-order valence-corrected chi connectivity index (χ2v) is 10.4. The Balaban J connectivity index is 1.69. The van der Waals surface area contributed by atoms with Gasteiger partial charge in [0, 0.05) is 14.9 Å². The molecule has 0 aliphatic carbocycles. The number of furan rings is 1. The van der Waals surface area contributed by atoms with Crippen molar-refractivity contribution >= 4 is 50.6 Å². The van der Waals surface area contributed by atoms with E-state index < -0.39 is 12.0 Å². The van der Waals surface area contributed by atoms with Gasteiger partial charge in [0.1, 0.15) is 17.6 Å². The molecule has 0 N–H and O–H groups in total. The number of carbonyl (C=O) groups excluding carboxylic acids is 1. The maximum Gasteiger partial charge on any atom is 0.338 e. The molecular formula is C25H19BrN2O4S2. The van der Waals surface area contributed by atoms with Crippen LogP contribution in [0.5, 0.6) is 0 Å². The molecule has 0 amide bonds. The van der Waals surface area contributed by atoms with Gasteiger partial charge in [0.25, 0.3) is 5.56 Å². The molecule has 0 bridgehead atoms. The van der Waals surface area contributed by atoms with Gasteiger partial charge in [0.15, 0.2) is 4.80 Å². The Labute approximate surface area is 211 Å². The predicted octanol–water partition coefficient (Wildman–Crippen LogP) is 4.88. The lowest BCUT2D eigenvalue weighted by atomic mass is 10.0. The van der Waals surface area contributed by atoms with Gasteiger partial charge < -0.3 is 9.15 Å². The minimum Gasteiger partial charge on any atom is -0.463 e. The van der Waals surface area contributed by atoms with E-state index in [0.717, 1.165) is 14.9 Å². The van der Waals surface area contributed by atoms with Gasteiger partial charge in [-0.2, -0.15) is 0 Å². The molecule has 34 heavy (non-hydrogen) atoms. The normalized spacial score (nSPS) is 15.9. The Hall–Kier alpha value is -3.01. The largest absolute Gasteiger partial charge is 0.463 e. The van der Waals surface area contributed by atoms with Crippen molar-refractivity contribution in [2.24, 2.45) is 4.99 Å². The first-order chi connectivity index (χ1) is 16.5. The number of thiazole rings is 1. The molecule has 0 radical (unpaired) electrons. The molecule has 0 spiro atoms. The number of hydrogen-bond donors (Lipinski definition) is 0. The topological polar surface area (TPSA) is 73.8 Å². The fraction of sp³-hybridized carbons (Fsp3) is 0.160. The van der Waals surface area contributed by atoms with E-state index in [1.54, 1.807) is 31.3 Å². The fourth-order valence-electron chi connectivity index (χ4n) is 3.83. The molecule has 3 aromatic heterocycles. The van der Waals surface area contributed by atoms with Crippen molar-refractivity contribution in [2.75, 3.05) is 6.61 Å². The summed E-state index contributed by atoms with van der Waals surface area (Å²) in [5.41, 5.74) is 1.47. The summed E-state index contributed by atoms with van der Waals surface area (Å²) < 4.78 is 14.6. The summed E-state index contributed by atoms with van der Waals surface area (Å²) in [7, 11) is 0. The van der Waals surface area contributed by atoms with Crippen molar-refractivity contribution in [3.63, 3.8) is 0 Å². The van der Waals surface area contributed by atoms with E-state index in [1.165, 1.54) is 15.9 Å². The summed E-state index contributed by atoms with van der Waals surface area (Å²) >= 11 is 6.29. The number of halogens is 1. The third kappa shape index (κ3) is 4.15. The first kappa shape index (κ1) is 22.8. The first-order valence-electron chi connectivity index (χ1n) is 10.5. The number of hydrogen-bond acceptors (Lipinski definition) is 7. The van der Waals surface area contributed by atoms with Crippen molar-refractivity contribution in [1.29, 1.82) is 0 Å². The number of rotatable bonds is 5. The van der Waals surface area contributed by atoms with Crippen LogP contribution in [0.3, 0.4) is 0 Å². The molecule has 1 aromatic carbocycles. The van der Waals surface area contributed by atoms with E-state index >= 15 is 0 Å².